The third kappa shape index (κ3) is 3.66. The minimum Gasteiger partial charge on any atom is -0.481 e. The fourth-order valence-corrected chi connectivity index (χ4v) is 3.84. The van der Waals surface area contributed by atoms with Crippen molar-refractivity contribution < 1.29 is 14.7 Å². The number of benzene rings is 2. The first kappa shape index (κ1) is 16.7. The summed E-state index contributed by atoms with van der Waals surface area (Å²) in [7, 11) is 0. The van der Waals surface area contributed by atoms with E-state index in [1.54, 1.807) is 0 Å². The molecule has 2 aromatic carbocycles. The molecule has 0 atom stereocenters. The van der Waals surface area contributed by atoms with E-state index in [4.69, 9.17) is 17.3 Å². The smallest absolute Gasteiger partial charge is 0.303 e. The van der Waals surface area contributed by atoms with E-state index in [0.717, 1.165) is 16.3 Å². The Balaban J connectivity index is 1.78. The van der Waals surface area contributed by atoms with E-state index in [9.17, 15) is 9.59 Å². The highest BCUT2D eigenvalue weighted by molar-refractivity contribution is 8.26. The number of rotatable bonds is 5. The highest BCUT2D eigenvalue weighted by atomic mass is 32.2. The lowest BCUT2D eigenvalue weighted by Gasteiger charge is -2.13. The molecule has 1 aliphatic heterocycles. The van der Waals surface area contributed by atoms with Crippen LogP contribution in [0.15, 0.2) is 47.4 Å². The van der Waals surface area contributed by atoms with E-state index in [0.29, 0.717) is 22.2 Å². The molecule has 1 saturated heterocycles. The molecule has 1 N–H and O–H groups in total. The van der Waals surface area contributed by atoms with Crippen molar-refractivity contribution in [1.82, 2.24) is 4.90 Å². The van der Waals surface area contributed by atoms with E-state index >= 15 is 0 Å². The first-order valence-corrected chi connectivity index (χ1v) is 8.73. The van der Waals surface area contributed by atoms with Crippen LogP contribution in [0.2, 0.25) is 0 Å². The largest absolute Gasteiger partial charge is 0.481 e. The molecule has 0 unspecified atom stereocenters. The van der Waals surface area contributed by atoms with Gasteiger partial charge in [-0.1, -0.05) is 60.4 Å². The Hall–Kier alpha value is -2.18. The van der Waals surface area contributed by atoms with E-state index < -0.39 is 5.97 Å². The van der Waals surface area contributed by atoms with Gasteiger partial charge in [0.05, 0.1) is 4.91 Å². The van der Waals surface area contributed by atoms with E-state index in [-0.39, 0.29) is 12.3 Å². The van der Waals surface area contributed by atoms with Gasteiger partial charge in [-0.25, -0.2) is 0 Å². The van der Waals surface area contributed by atoms with Crippen LogP contribution in [0.3, 0.4) is 0 Å². The zero-order valence-corrected chi connectivity index (χ0v) is 14.4. The quantitative estimate of drug-likeness (QED) is 0.649. The number of amides is 1. The summed E-state index contributed by atoms with van der Waals surface area (Å²) < 4.78 is 0.484. The molecule has 0 aromatic heterocycles. The van der Waals surface area contributed by atoms with E-state index in [1.807, 2.05) is 48.5 Å². The highest BCUT2D eigenvalue weighted by Crippen LogP contribution is 2.33. The minimum absolute atomic E-state index is 0.0286. The molecule has 0 aliphatic carbocycles. The maximum atomic E-state index is 12.5. The summed E-state index contributed by atoms with van der Waals surface area (Å²) in [5.41, 5.74) is 0.944. The summed E-state index contributed by atoms with van der Waals surface area (Å²) in [6.07, 6.45) is 2.26. The molecule has 1 heterocycles. The lowest BCUT2D eigenvalue weighted by Crippen LogP contribution is -2.29. The second kappa shape index (κ2) is 7.15. The molecular weight excluding hydrogens is 342 g/mol. The van der Waals surface area contributed by atoms with Gasteiger partial charge < -0.3 is 5.11 Å². The number of aliphatic carboxylic acids is 1. The number of nitrogens with zero attached hydrogens (tertiary/aromatic N) is 1. The molecule has 0 bridgehead atoms. The van der Waals surface area contributed by atoms with Crippen LogP contribution in [-0.4, -0.2) is 32.7 Å². The third-order valence-electron chi connectivity index (χ3n) is 3.72. The summed E-state index contributed by atoms with van der Waals surface area (Å²) in [6.45, 7) is 0.339. The standard InChI is InChI=1S/C18H15NO3S2/c20-16(21)6-3-9-19-17(22)15(24-18(19)23)11-12-7-8-13-4-1-2-5-14(13)10-12/h1-2,4-5,7-8,10-11H,3,6,9H2,(H,20,21)/b15-11+. The molecule has 6 heteroatoms. The highest BCUT2D eigenvalue weighted by Gasteiger charge is 2.31. The van der Waals surface area contributed by atoms with Crippen molar-refractivity contribution in [3.05, 3.63) is 52.9 Å². The molecular formula is C18H15NO3S2. The van der Waals surface area contributed by atoms with Gasteiger partial charge in [0.2, 0.25) is 0 Å². The maximum Gasteiger partial charge on any atom is 0.303 e. The van der Waals surface area contributed by atoms with Crippen LogP contribution in [-0.2, 0) is 9.59 Å². The molecule has 1 amide bonds. The fraction of sp³-hybridized carbons (Fsp3) is 0.167. The number of thioether (sulfide) groups is 1. The number of carbonyl (C=O) groups excluding carboxylic acids is 1. The van der Waals surface area contributed by atoms with Gasteiger partial charge in [0.25, 0.3) is 5.91 Å². The fourth-order valence-electron chi connectivity index (χ4n) is 2.53. The Labute approximate surface area is 149 Å². The van der Waals surface area contributed by atoms with Crippen LogP contribution in [0.5, 0.6) is 0 Å². The second-order valence-corrected chi connectivity index (χ2v) is 7.11. The molecule has 2 aromatic rings. The molecule has 122 valence electrons. The van der Waals surface area contributed by atoms with Crippen LogP contribution < -0.4 is 0 Å². The summed E-state index contributed by atoms with van der Waals surface area (Å²) in [5.74, 6) is -1.02. The average Bonchev–Trinajstić information content (AvgIpc) is 2.82. The first-order chi connectivity index (χ1) is 11.5. The Bertz CT molecular complexity index is 860. The topological polar surface area (TPSA) is 57.6 Å². The molecule has 0 spiro atoms. The number of carbonyl (C=O) groups is 2. The van der Waals surface area contributed by atoms with Crippen molar-refractivity contribution in [2.45, 2.75) is 12.8 Å². The van der Waals surface area contributed by atoms with Gasteiger partial charge in [0.15, 0.2) is 0 Å². The van der Waals surface area contributed by atoms with Crippen LogP contribution in [0, 0.1) is 0 Å². The molecule has 1 aliphatic rings. The number of carboxylic acid groups (broad SMARTS) is 1. The van der Waals surface area contributed by atoms with Crippen molar-refractivity contribution in [3.63, 3.8) is 0 Å². The van der Waals surface area contributed by atoms with Crippen LogP contribution in [0.4, 0.5) is 0 Å². The number of fused-ring (bicyclic) bond motifs is 1. The first-order valence-electron chi connectivity index (χ1n) is 7.50. The number of hydrogen-bond acceptors (Lipinski definition) is 4. The van der Waals surface area contributed by atoms with Gasteiger partial charge in [-0.05, 0) is 34.9 Å². The van der Waals surface area contributed by atoms with Gasteiger partial charge >= 0.3 is 5.97 Å². The summed E-state index contributed by atoms with van der Waals surface area (Å²) in [4.78, 5) is 25.1. The van der Waals surface area contributed by atoms with Crippen molar-refractivity contribution in [1.29, 1.82) is 0 Å². The van der Waals surface area contributed by atoms with E-state index in [1.165, 1.54) is 16.7 Å². The number of hydrogen-bond donors (Lipinski definition) is 1. The Morgan fingerprint density at radius 2 is 1.96 bits per heavy atom. The zero-order valence-electron chi connectivity index (χ0n) is 12.8. The summed E-state index contributed by atoms with van der Waals surface area (Å²) >= 11 is 6.51. The predicted molar refractivity (Wildman–Crippen MR) is 101 cm³/mol. The number of carboxylic acids is 1. The van der Waals surface area contributed by atoms with Crippen molar-refractivity contribution >= 4 is 57.0 Å². The van der Waals surface area contributed by atoms with Crippen molar-refractivity contribution in [2.75, 3.05) is 6.54 Å². The molecule has 24 heavy (non-hydrogen) atoms. The van der Waals surface area contributed by atoms with E-state index in [2.05, 4.69) is 0 Å². The minimum atomic E-state index is -0.868. The summed E-state index contributed by atoms with van der Waals surface area (Å²) in [5, 5.41) is 11.0. The molecule has 1 fully saturated rings. The maximum absolute atomic E-state index is 12.5. The van der Waals surface area contributed by atoms with Crippen LogP contribution >= 0.6 is 24.0 Å². The molecule has 3 rings (SSSR count). The van der Waals surface area contributed by atoms with Gasteiger partial charge in [0, 0.05) is 13.0 Å². The predicted octanol–water partition coefficient (Wildman–Crippen LogP) is 3.91. The Morgan fingerprint density at radius 1 is 1.21 bits per heavy atom. The monoisotopic (exact) mass is 357 g/mol. The third-order valence-corrected chi connectivity index (χ3v) is 5.10. The van der Waals surface area contributed by atoms with Crippen LogP contribution in [0.25, 0.3) is 16.8 Å². The Morgan fingerprint density at radius 3 is 2.71 bits per heavy atom. The van der Waals surface area contributed by atoms with Gasteiger partial charge in [-0.2, -0.15) is 0 Å². The molecule has 4 nitrogen and oxygen atoms in total. The number of thiocarbonyl (C=S) groups is 1. The molecule has 0 saturated carbocycles. The Kier molecular flexibility index (Phi) is 4.97. The van der Waals surface area contributed by atoms with Crippen molar-refractivity contribution in [2.24, 2.45) is 0 Å². The van der Waals surface area contributed by atoms with Crippen molar-refractivity contribution in [3.8, 4) is 0 Å². The van der Waals surface area contributed by atoms with Gasteiger partial charge in [-0.15, -0.1) is 0 Å². The van der Waals surface area contributed by atoms with Crippen LogP contribution in [0.1, 0.15) is 18.4 Å². The normalized spacial score (nSPS) is 16.3. The average molecular weight is 357 g/mol. The zero-order chi connectivity index (χ0) is 17.1. The molecule has 0 radical (unpaired) electrons. The van der Waals surface area contributed by atoms with Gasteiger partial charge in [0.1, 0.15) is 4.32 Å². The van der Waals surface area contributed by atoms with Gasteiger partial charge in [-0.3, -0.25) is 14.5 Å². The SMILES string of the molecule is O=C(O)CCCN1C(=O)/C(=C\c2ccc3ccccc3c2)SC1=S. The second-order valence-electron chi connectivity index (χ2n) is 5.44. The summed E-state index contributed by atoms with van der Waals surface area (Å²) in [6, 6.07) is 14.1. The lowest BCUT2D eigenvalue weighted by atomic mass is 10.1. The lowest BCUT2D eigenvalue weighted by molar-refractivity contribution is -0.137.